The molecule has 0 unspecified atom stereocenters. The summed E-state index contributed by atoms with van der Waals surface area (Å²) in [5.41, 5.74) is 4.58. The van der Waals surface area contributed by atoms with Gasteiger partial charge in [0.05, 0.1) is 5.56 Å². The molecule has 2 aromatic rings. The lowest BCUT2D eigenvalue weighted by Crippen LogP contribution is -2.16. The molecule has 0 bridgehead atoms. The van der Waals surface area contributed by atoms with Crippen LogP contribution < -0.4 is 10.5 Å². The fourth-order valence-corrected chi connectivity index (χ4v) is 2.62. The lowest BCUT2D eigenvalue weighted by Gasteiger charge is -2.09. The molecule has 1 aromatic carbocycles. The number of carbonyl (C=O) groups excluding carboxylic acids is 1. The Morgan fingerprint density at radius 3 is 2.57 bits per heavy atom. The zero-order chi connectivity index (χ0) is 15.6. The summed E-state index contributed by atoms with van der Waals surface area (Å²) in [4.78, 5) is 14.6. The molecule has 0 atom stereocenters. The van der Waals surface area contributed by atoms with Crippen LogP contribution in [-0.4, -0.2) is 19.3 Å². The van der Waals surface area contributed by atoms with Crippen molar-refractivity contribution < 1.29 is 17.6 Å². The van der Waals surface area contributed by atoms with Gasteiger partial charge in [-0.3, -0.25) is 9.52 Å². The third-order valence-electron chi connectivity index (χ3n) is 2.49. The molecule has 1 amide bonds. The Balaban J connectivity index is 2.35. The van der Waals surface area contributed by atoms with E-state index in [1.165, 1.54) is 18.2 Å². The Bertz CT molecular complexity index is 794. The molecule has 0 radical (unpaired) electrons. The number of hydrogen-bond acceptors (Lipinski definition) is 4. The van der Waals surface area contributed by atoms with Gasteiger partial charge in [0, 0.05) is 11.9 Å². The van der Waals surface area contributed by atoms with Crippen LogP contribution in [0.3, 0.4) is 0 Å². The van der Waals surface area contributed by atoms with E-state index in [1.54, 1.807) is 0 Å². The summed E-state index contributed by atoms with van der Waals surface area (Å²) in [5.74, 6) is -1.83. The van der Waals surface area contributed by atoms with Crippen molar-refractivity contribution in [3.8, 4) is 0 Å². The Labute approximate surface area is 124 Å². The monoisotopic (exact) mass is 329 g/mol. The number of sulfonamides is 1. The zero-order valence-corrected chi connectivity index (χ0v) is 12.0. The molecule has 2 rings (SSSR count). The first-order valence-electron chi connectivity index (χ1n) is 5.53. The first-order valence-corrected chi connectivity index (χ1v) is 7.39. The second-order valence-electron chi connectivity index (χ2n) is 3.98. The maximum absolute atomic E-state index is 13.3. The summed E-state index contributed by atoms with van der Waals surface area (Å²) < 4.78 is 39.7. The summed E-state index contributed by atoms with van der Waals surface area (Å²) in [7, 11) is -3.93. The van der Waals surface area contributed by atoms with E-state index in [-0.39, 0.29) is 15.7 Å². The predicted molar refractivity (Wildman–Crippen MR) is 75.0 cm³/mol. The van der Waals surface area contributed by atoms with Gasteiger partial charge in [0.1, 0.15) is 15.9 Å². The average Bonchev–Trinajstić information content (AvgIpc) is 2.41. The number of hydrogen-bond donors (Lipinski definition) is 2. The number of nitrogens with zero attached hydrogens (tertiary/aromatic N) is 1. The first-order chi connectivity index (χ1) is 9.79. The molecule has 1 aromatic heterocycles. The molecule has 110 valence electrons. The van der Waals surface area contributed by atoms with Gasteiger partial charge in [-0.2, -0.15) is 0 Å². The van der Waals surface area contributed by atoms with Crippen LogP contribution in [0.1, 0.15) is 10.4 Å². The third kappa shape index (κ3) is 3.47. The third-order valence-corrected chi connectivity index (χ3v) is 4.08. The molecule has 0 fully saturated rings. The van der Waals surface area contributed by atoms with Gasteiger partial charge in [0.15, 0.2) is 0 Å². The van der Waals surface area contributed by atoms with E-state index < -0.39 is 27.3 Å². The van der Waals surface area contributed by atoms with Gasteiger partial charge in [-0.25, -0.2) is 17.8 Å². The molecule has 21 heavy (non-hydrogen) atoms. The summed E-state index contributed by atoms with van der Waals surface area (Å²) in [5, 5.41) is 0.145. The van der Waals surface area contributed by atoms with E-state index in [4.69, 9.17) is 17.3 Å². The summed E-state index contributed by atoms with van der Waals surface area (Å²) in [6.45, 7) is 0. The second kappa shape index (κ2) is 5.66. The van der Waals surface area contributed by atoms with Gasteiger partial charge in [-0.1, -0.05) is 11.6 Å². The molecule has 0 spiro atoms. The number of halogens is 2. The van der Waals surface area contributed by atoms with Gasteiger partial charge >= 0.3 is 0 Å². The Morgan fingerprint density at radius 1 is 1.29 bits per heavy atom. The highest BCUT2D eigenvalue weighted by Gasteiger charge is 2.16. The molecule has 0 aliphatic rings. The number of amides is 1. The van der Waals surface area contributed by atoms with Gasteiger partial charge in [-0.05, 0) is 30.3 Å². The maximum atomic E-state index is 13.3. The molecule has 3 N–H and O–H groups in total. The van der Waals surface area contributed by atoms with Crippen molar-refractivity contribution in [1.82, 2.24) is 4.98 Å². The van der Waals surface area contributed by atoms with Crippen molar-refractivity contribution in [1.29, 1.82) is 0 Å². The van der Waals surface area contributed by atoms with Crippen LogP contribution in [0.2, 0.25) is 5.15 Å². The summed E-state index contributed by atoms with van der Waals surface area (Å²) in [6, 6.07) is 5.70. The zero-order valence-electron chi connectivity index (χ0n) is 10.4. The highest BCUT2D eigenvalue weighted by atomic mass is 35.5. The molecule has 9 heteroatoms. The number of benzene rings is 1. The number of nitrogens with one attached hydrogen (secondary N) is 1. The van der Waals surface area contributed by atoms with E-state index in [9.17, 15) is 17.6 Å². The van der Waals surface area contributed by atoms with Crippen LogP contribution in [0, 0.1) is 5.82 Å². The smallest absolute Gasteiger partial charge is 0.263 e. The number of aromatic nitrogens is 1. The van der Waals surface area contributed by atoms with Crippen LogP contribution in [0.5, 0.6) is 0 Å². The molecule has 0 aliphatic heterocycles. The fraction of sp³-hybridized carbons (Fsp3) is 0. The predicted octanol–water partition coefficient (Wildman–Crippen LogP) is 1.77. The highest BCUT2D eigenvalue weighted by molar-refractivity contribution is 7.92. The average molecular weight is 330 g/mol. The molecule has 0 saturated heterocycles. The van der Waals surface area contributed by atoms with E-state index in [2.05, 4.69) is 9.71 Å². The maximum Gasteiger partial charge on any atom is 0.263 e. The van der Waals surface area contributed by atoms with Crippen molar-refractivity contribution in [2.24, 2.45) is 5.73 Å². The van der Waals surface area contributed by atoms with Gasteiger partial charge in [0.2, 0.25) is 0 Å². The summed E-state index contributed by atoms with van der Waals surface area (Å²) >= 11 is 5.58. The molecule has 6 nitrogen and oxygen atoms in total. The topological polar surface area (TPSA) is 102 Å². The van der Waals surface area contributed by atoms with E-state index in [0.717, 1.165) is 18.3 Å². The van der Waals surface area contributed by atoms with Crippen molar-refractivity contribution in [3.63, 3.8) is 0 Å². The second-order valence-corrected chi connectivity index (χ2v) is 6.05. The van der Waals surface area contributed by atoms with Gasteiger partial charge in [-0.15, -0.1) is 0 Å². The number of rotatable bonds is 4. The minimum absolute atomic E-state index is 0.000139. The van der Waals surface area contributed by atoms with Crippen molar-refractivity contribution >= 4 is 33.2 Å². The fourth-order valence-electron chi connectivity index (χ4n) is 1.51. The van der Waals surface area contributed by atoms with Crippen LogP contribution in [-0.2, 0) is 10.0 Å². The normalized spacial score (nSPS) is 11.1. The number of pyridine rings is 1. The Morgan fingerprint density at radius 2 is 2.00 bits per heavy atom. The molecular weight excluding hydrogens is 321 g/mol. The van der Waals surface area contributed by atoms with E-state index in [1.807, 2.05) is 0 Å². The Kier molecular flexibility index (Phi) is 4.10. The van der Waals surface area contributed by atoms with Gasteiger partial charge < -0.3 is 5.73 Å². The minimum atomic E-state index is -3.93. The molecule has 0 aliphatic carbocycles. The number of primary amides is 1. The van der Waals surface area contributed by atoms with Crippen LogP contribution in [0.15, 0.2) is 41.4 Å². The van der Waals surface area contributed by atoms with Gasteiger partial charge in [0.25, 0.3) is 15.9 Å². The van der Waals surface area contributed by atoms with Crippen LogP contribution >= 0.6 is 11.6 Å². The lowest BCUT2D eigenvalue weighted by molar-refractivity contribution is 0.0996. The largest absolute Gasteiger partial charge is 0.366 e. The SMILES string of the molecule is NC(=O)c1cc(NS(=O)(=O)c2ccc(Cl)nc2)ccc1F. The lowest BCUT2D eigenvalue weighted by atomic mass is 10.2. The number of nitrogens with two attached hydrogens (primary N) is 1. The first kappa shape index (κ1) is 15.2. The van der Waals surface area contributed by atoms with E-state index >= 15 is 0 Å². The van der Waals surface area contributed by atoms with E-state index in [0.29, 0.717) is 0 Å². The molecule has 1 heterocycles. The van der Waals surface area contributed by atoms with Crippen molar-refractivity contribution in [2.45, 2.75) is 4.90 Å². The summed E-state index contributed by atoms with van der Waals surface area (Å²) in [6.07, 6.45) is 1.07. The number of carbonyl (C=O) groups is 1. The highest BCUT2D eigenvalue weighted by Crippen LogP contribution is 2.19. The number of anilines is 1. The molecular formula is C12H9ClFN3O3S. The van der Waals surface area contributed by atoms with Crippen LogP contribution in [0.25, 0.3) is 0 Å². The molecule has 0 saturated carbocycles. The standard InChI is InChI=1S/C12H9ClFN3O3S/c13-11-4-2-8(6-16-11)21(19,20)17-7-1-3-10(14)9(5-7)12(15)18/h1-6,17H,(H2,15,18). The minimum Gasteiger partial charge on any atom is -0.366 e. The van der Waals surface area contributed by atoms with Crippen LogP contribution in [0.4, 0.5) is 10.1 Å². The van der Waals surface area contributed by atoms with Crippen molar-refractivity contribution in [3.05, 3.63) is 53.1 Å². The van der Waals surface area contributed by atoms with Crippen molar-refractivity contribution in [2.75, 3.05) is 4.72 Å². The quantitative estimate of drug-likeness (QED) is 0.834. The Hall–Kier alpha value is -2.19.